The average molecular weight is 539 g/mol. The van der Waals surface area contributed by atoms with Crippen molar-refractivity contribution < 1.29 is 41.9 Å². The minimum absolute atomic E-state index is 0. The average Bonchev–Trinajstić information content (AvgIpc) is 2.67. The van der Waals surface area contributed by atoms with Gasteiger partial charge in [0.2, 0.25) is 0 Å². The maximum absolute atomic E-state index is 2.31. The summed E-state index contributed by atoms with van der Waals surface area (Å²) in [6.45, 7) is 13.9. The first kappa shape index (κ1) is 41.2. The molecule has 0 aromatic heterocycles. The van der Waals surface area contributed by atoms with Gasteiger partial charge in [-0.15, -0.1) is 15.8 Å². The molecule has 0 saturated carbocycles. The van der Waals surface area contributed by atoms with E-state index in [0.29, 0.717) is 15.8 Å². The first-order valence-corrected chi connectivity index (χ1v) is 15.9. The van der Waals surface area contributed by atoms with E-state index in [2.05, 4.69) is 41.5 Å². The van der Waals surface area contributed by atoms with Crippen molar-refractivity contribution in [1.29, 1.82) is 0 Å². The summed E-state index contributed by atoms with van der Waals surface area (Å²) in [6.07, 6.45) is 26.4. The van der Waals surface area contributed by atoms with Crippen LogP contribution in [0.25, 0.3) is 0 Å². The van der Waals surface area contributed by atoms with Crippen molar-refractivity contribution >= 4 is 15.8 Å². The van der Waals surface area contributed by atoms with Crippen molar-refractivity contribution in [2.24, 2.45) is 0 Å². The molecule has 0 spiro atoms. The van der Waals surface area contributed by atoms with E-state index >= 15 is 0 Å². The summed E-state index contributed by atoms with van der Waals surface area (Å²) in [7, 11) is 0.843. The molecule has 0 heterocycles. The predicted octanol–water partition coefficient (Wildman–Crippen LogP) is 3.74. The van der Waals surface area contributed by atoms with Crippen molar-refractivity contribution in [3.05, 3.63) is 0 Å². The van der Waals surface area contributed by atoms with Gasteiger partial charge < -0.3 is 24.8 Å². The zero-order valence-corrected chi connectivity index (χ0v) is 24.9. The van der Waals surface area contributed by atoms with Crippen molar-refractivity contribution in [2.75, 3.05) is 37.0 Å². The molecule has 5 heteroatoms. The maximum atomic E-state index is 2.31. The van der Waals surface area contributed by atoms with E-state index < -0.39 is 0 Å². The van der Waals surface area contributed by atoms with E-state index in [-0.39, 0.29) is 41.9 Å². The second kappa shape index (κ2) is 37.3. The van der Waals surface area contributed by atoms with E-state index in [1.165, 1.54) is 77.0 Å². The number of halogens is 2. The van der Waals surface area contributed by atoms with Crippen molar-refractivity contribution in [3.63, 3.8) is 0 Å². The van der Waals surface area contributed by atoms with E-state index in [4.69, 9.17) is 0 Å². The zero-order chi connectivity index (χ0) is 19.9. The molecule has 0 bridgehead atoms. The van der Waals surface area contributed by atoms with Crippen LogP contribution in [0.3, 0.4) is 0 Å². The van der Waals surface area contributed by atoms with Crippen molar-refractivity contribution in [3.8, 4) is 0 Å². The Morgan fingerprint density at radius 3 is 0.586 bits per heavy atom. The molecule has 0 rings (SSSR count). The second-order valence-corrected chi connectivity index (χ2v) is 13.2. The molecule has 185 valence electrons. The number of hydrogen-bond donors (Lipinski definition) is 0. The number of hydrogen-bond acceptors (Lipinski definition) is 0. The molecule has 0 nitrogen and oxygen atoms in total. The summed E-state index contributed by atoms with van der Waals surface area (Å²) < 4.78 is 0. The van der Waals surface area contributed by atoms with E-state index in [1.807, 2.05) is 0 Å². The van der Waals surface area contributed by atoms with Crippen LogP contribution in [-0.4, -0.2) is 37.0 Å². The third kappa shape index (κ3) is 34.8. The molecule has 0 aliphatic carbocycles. The van der Waals surface area contributed by atoms with Crippen LogP contribution in [0.5, 0.6) is 0 Å². The van der Waals surface area contributed by atoms with Crippen LogP contribution in [0.2, 0.25) is 0 Å². The van der Waals surface area contributed by atoms with E-state index in [1.54, 1.807) is 37.0 Å². The Bertz CT molecular complexity index is 185. The summed E-state index contributed by atoms with van der Waals surface area (Å²) in [5, 5.41) is 0. The molecule has 0 aromatic rings. The third-order valence-corrected chi connectivity index (χ3v) is 10.7. The Kier molecular flexibility index (Phi) is 53.0. The smallest absolute Gasteiger partial charge is 1.00 e. The molecule has 29 heavy (non-hydrogen) atoms. The molecule has 0 fully saturated rings. The van der Waals surface area contributed by atoms with Crippen LogP contribution in [0, 0.1) is 0 Å². The Balaban J connectivity index is -0.000000120. The van der Waals surface area contributed by atoms with Gasteiger partial charge in [0.05, 0.1) is 0 Å². The molecule has 0 unspecified atom stereocenters. The van der Waals surface area contributed by atoms with E-state index in [0.717, 1.165) is 0 Å². The summed E-state index contributed by atoms with van der Waals surface area (Å²) in [5.74, 6) is 0. The van der Waals surface area contributed by atoms with Gasteiger partial charge in [0, 0.05) is 0 Å². The molecule has 0 atom stereocenters. The fourth-order valence-corrected chi connectivity index (χ4v) is 8.88. The molecule has 0 aliphatic rings. The van der Waals surface area contributed by atoms with Gasteiger partial charge in [-0.25, -0.2) is 0 Å². The van der Waals surface area contributed by atoms with Gasteiger partial charge in [0.1, 0.15) is 0 Å². The molecular weight excluding hydrogens is 485 g/mol. The normalized spacial score (nSPS) is 9.93. The second-order valence-electron chi connectivity index (χ2n) is 7.80. The third-order valence-electron chi connectivity index (χ3n) is 4.97. The summed E-state index contributed by atoms with van der Waals surface area (Å²) in [6, 6.07) is 0. The quantitative estimate of drug-likeness (QED) is 0.184. The van der Waals surface area contributed by atoms with Gasteiger partial charge in [-0.1, -0.05) is 80.1 Å². The van der Waals surface area contributed by atoms with Crippen molar-refractivity contribution in [2.45, 2.75) is 119 Å². The Hall–Kier alpha value is 1.96. The molecule has 0 aliphatic heterocycles. The van der Waals surface area contributed by atoms with Gasteiger partial charge in [0.25, 0.3) is 0 Å². The molecule has 0 aromatic carbocycles. The van der Waals surface area contributed by atoms with E-state index in [9.17, 15) is 0 Å². The number of unbranched alkanes of at least 4 members (excludes halogenated alkanes) is 6. The zero-order valence-electron chi connectivity index (χ0n) is 20.7. The Labute approximate surface area is 212 Å². The Morgan fingerprint density at radius 2 is 0.483 bits per heavy atom. The topological polar surface area (TPSA) is 0 Å². The van der Waals surface area contributed by atoms with Gasteiger partial charge in [-0.3, -0.25) is 0 Å². The maximum Gasteiger partial charge on any atom is 2.00 e. The summed E-state index contributed by atoms with van der Waals surface area (Å²) in [4.78, 5) is 0. The van der Waals surface area contributed by atoms with Gasteiger partial charge in [-0.05, 0) is 75.5 Å². The fraction of sp³-hybridized carbons (Fsp3) is 1.00. The van der Waals surface area contributed by atoms with Crippen LogP contribution in [0.15, 0.2) is 0 Å². The molecule has 0 N–H and O–H groups in total. The van der Waals surface area contributed by atoms with Crippen LogP contribution in [-0.2, 0) is 17.1 Å². The summed E-state index contributed by atoms with van der Waals surface area (Å²) in [5.41, 5.74) is 0. The van der Waals surface area contributed by atoms with Crippen LogP contribution < -0.4 is 24.8 Å². The van der Waals surface area contributed by atoms with Crippen LogP contribution in [0.4, 0.5) is 0 Å². The van der Waals surface area contributed by atoms with Gasteiger partial charge in [0.15, 0.2) is 0 Å². The van der Waals surface area contributed by atoms with Crippen molar-refractivity contribution in [1.82, 2.24) is 0 Å². The number of rotatable bonds is 18. The minimum atomic E-state index is 0. The molecule has 1 radical (unpaired) electrons. The molecule has 0 saturated heterocycles. The molecular formula is C24H54Cl2CuP2. The monoisotopic (exact) mass is 537 g/mol. The SMILES string of the molecule is CCCCP(CCCC)CCCC.CCCCP(CCCC)CCCC.[Cl-].[Cl-].[Cu+2]. The first-order chi connectivity index (χ1) is 12.7. The van der Waals surface area contributed by atoms with Crippen LogP contribution >= 0.6 is 15.8 Å². The predicted molar refractivity (Wildman–Crippen MR) is 132 cm³/mol. The minimum Gasteiger partial charge on any atom is -1.00 e. The van der Waals surface area contributed by atoms with Gasteiger partial charge in [-0.2, -0.15) is 0 Å². The summed E-state index contributed by atoms with van der Waals surface area (Å²) >= 11 is 0. The Morgan fingerprint density at radius 1 is 0.345 bits per heavy atom. The van der Waals surface area contributed by atoms with Crippen LogP contribution in [0.1, 0.15) is 119 Å². The van der Waals surface area contributed by atoms with Gasteiger partial charge >= 0.3 is 17.1 Å². The fourth-order valence-electron chi connectivity index (χ4n) is 2.96. The first-order valence-electron chi connectivity index (χ1n) is 12.1. The standard InChI is InChI=1S/2C12H27P.2ClH.Cu/c2*1-4-7-10-13(11-8-5-2)12-9-6-3;;;/h2*4-12H2,1-3H3;2*1H;/q;;;;+2/p-2. The molecule has 0 amide bonds. The largest absolute Gasteiger partial charge is 2.00 e.